The topological polar surface area (TPSA) is 26.0 Å². The first-order valence-electron chi connectivity index (χ1n) is 3.67. The summed E-state index contributed by atoms with van der Waals surface area (Å²) in [6.45, 7) is 5.77. The van der Waals surface area contributed by atoms with Gasteiger partial charge in [0, 0.05) is 6.04 Å². The van der Waals surface area contributed by atoms with Gasteiger partial charge in [0.1, 0.15) is 0 Å². The van der Waals surface area contributed by atoms with Crippen molar-refractivity contribution in [1.29, 1.82) is 0 Å². The third kappa shape index (κ3) is 5.57. The van der Waals surface area contributed by atoms with Crippen molar-refractivity contribution in [3.63, 3.8) is 0 Å². The van der Waals surface area contributed by atoms with E-state index in [4.69, 9.17) is 5.73 Å². The molecule has 0 bridgehead atoms. The van der Waals surface area contributed by atoms with Gasteiger partial charge < -0.3 is 5.73 Å². The molecule has 0 rings (SSSR count). The highest BCUT2D eigenvalue weighted by atomic mass is 14.6. The third-order valence-electron chi connectivity index (χ3n) is 1.51. The standard InChI is InChI=1S/C8H17N/c1-3-5-6-7-8(9)4-2/h3,8H,1,4-7,9H2,2H3. The molecular weight excluding hydrogens is 110 g/mol. The van der Waals surface area contributed by atoms with Gasteiger partial charge in [-0.3, -0.25) is 0 Å². The van der Waals surface area contributed by atoms with Crippen molar-refractivity contribution < 1.29 is 0 Å². The smallest absolute Gasteiger partial charge is 0.00363 e. The van der Waals surface area contributed by atoms with Crippen LogP contribution in [0, 0.1) is 0 Å². The van der Waals surface area contributed by atoms with E-state index in [-0.39, 0.29) is 0 Å². The van der Waals surface area contributed by atoms with Crippen LogP contribution in [-0.4, -0.2) is 6.04 Å². The lowest BCUT2D eigenvalue weighted by Gasteiger charge is -2.05. The molecule has 0 radical (unpaired) electrons. The average molecular weight is 127 g/mol. The zero-order valence-electron chi connectivity index (χ0n) is 6.27. The van der Waals surface area contributed by atoms with Gasteiger partial charge in [-0.1, -0.05) is 13.0 Å². The van der Waals surface area contributed by atoms with E-state index in [0.717, 1.165) is 19.3 Å². The summed E-state index contributed by atoms with van der Waals surface area (Å²) >= 11 is 0. The van der Waals surface area contributed by atoms with Crippen LogP contribution >= 0.6 is 0 Å². The van der Waals surface area contributed by atoms with E-state index < -0.39 is 0 Å². The number of allylic oxidation sites excluding steroid dienone is 1. The fraction of sp³-hybridized carbons (Fsp3) is 0.750. The van der Waals surface area contributed by atoms with Crippen LogP contribution in [0.25, 0.3) is 0 Å². The molecule has 1 nitrogen and oxygen atoms in total. The van der Waals surface area contributed by atoms with E-state index in [0.29, 0.717) is 6.04 Å². The Morgan fingerprint density at radius 2 is 2.33 bits per heavy atom. The van der Waals surface area contributed by atoms with Gasteiger partial charge in [-0.15, -0.1) is 6.58 Å². The van der Waals surface area contributed by atoms with E-state index in [1.807, 2.05) is 6.08 Å². The van der Waals surface area contributed by atoms with Gasteiger partial charge in [-0.2, -0.15) is 0 Å². The Hall–Kier alpha value is -0.300. The van der Waals surface area contributed by atoms with E-state index in [1.54, 1.807) is 0 Å². The quantitative estimate of drug-likeness (QED) is 0.444. The van der Waals surface area contributed by atoms with Crippen molar-refractivity contribution in [2.75, 3.05) is 0 Å². The summed E-state index contributed by atoms with van der Waals surface area (Å²) in [6.07, 6.45) is 6.48. The molecule has 9 heavy (non-hydrogen) atoms. The predicted octanol–water partition coefficient (Wildman–Crippen LogP) is 2.08. The summed E-state index contributed by atoms with van der Waals surface area (Å²) < 4.78 is 0. The molecule has 0 aromatic rings. The minimum absolute atomic E-state index is 0.407. The van der Waals surface area contributed by atoms with E-state index >= 15 is 0 Å². The molecule has 0 saturated heterocycles. The molecule has 1 unspecified atom stereocenters. The molecule has 54 valence electrons. The Balaban J connectivity index is 2.96. The van der Waals surface area contributed by atoms with Gasteiger partial charge in [-0.25, -0.2) is 0 Å². The Bertz CT molecular complexity index is 69.0. The van der Waals surface area contributed by atoms with Crippen LogP contribution in [0.1, 0.15) is 32.6 Å². The molecule has 1 heteroatoms. The summed E-state index contributed by atoms with van der Waals surface area (Å²) in [6, 6.07) is 0.407. The van der Waals surface area contributed by atoms with Crippen LogP contribution in [0.3, 0.4) is 0 Å². The highest BCUT2D eigenvalue weighted by molar-refractivity contribution is 4.68. The first-order chi connectivity index (χ1) is 4.31. The van der Waals surface area contributed by atoms with E-state index in [1.165, 1.54) is 6.42 Å². The Kier molecular flexibility index (Phi) is 5.64. The fourth-order valence-electron chi connectivity index (χ4n) is 0.729. The van der Waals surface area contributed by atoms with Crippen molar-refractivity contribution in [3.05, 3.63) is 12.7 Å². The molecule has 0 aromatic heterocycles. The van der Waals surface area contributed by atoms with E-state index in [9.17, 15) is 0 Å². The molecule has 0 spiro atoms. The lowest BCUT2D eigenvalue weighted by Crippen LogP contribution is -2.17. The minimum atomic E-state index is 0.407. The van der Waals surface area contributed by atoms with Gasteiger partial charge in [0.25, 0.3) is 0 Å². The van der Waals surface area contributed by atoms with Crippen molar-refractivity contribution >= 4 is 0 Å². The molecule has 0 fully saturated rings. The van der Waals surface area contributed by atoms with Crippen LogP contribution in [0.15, 0.2) is 12.7 Å². The lowest BCUT2D eigenvalue weighted by atomic mass is 10.1. The second kappa shape index (κ2) is 5.83. The minimum Gasteiger partial charge on any atom is -0.328 e. The molecule has 0 saturated carbocycles. The molecule has 0 heterocycles. The SMILES string of the molecule is C=CCCCC(N)CC. The van der Waals surface area contributed by atoms with Crippen LogP contribution < -0.4 is 5.73 Å². The first kappa shape index (κ1) is 8.70. The molecule has 0 aliphatic carbocycles. The number of hydrogen-bond donors (Lipinski definition) is 1. The van der Waals surface area contributed by atoms with Crippen molar-refractivity contribution in [2.24, 2.45) is 5.73 Å². The van der Waals surface area contributed by atoms with Gasteiger partial charge in [0.2, 0.25) is 0 Å². The monoisotopic (exact) mass is 127 g/mol. The fourth-order valence-corrected chi connectivity index (χ4v) is 0.729. The second-order valence-corrected chi connectivity index (χ2v) is 2.39. The Morgan fingerprint density at radius 3 is 2.78 bits per heavy atom. The maximum atomic E-state index is 5.68. The van der Waals surface area contributed by atoms with Gasteiger partial charge in [0.15, 0.2) is 0 Å². The third-order valence-corrected chi connectivity index (χ3v) is 1.51. The van der Waals surface area contributed by atoms with E-state index in [2.05, 4.69) is 13.5 Å². The Labute approximate surface area is 57.9 Å². The molecule has 2 N–H and O–H groups in total. The van der Waals surface area contributed by atoms with Gasteiger partial charge in [0.05, 0.1) is 0 Å². The van der Waals surface area contributed by atoms with Gasteiger partial charge in [-0.05, 0) is 25.7 Å². The van der Waals surface area contributed by atoms with Crippen molar-refractivity contribution in [3.8, 4) is 0 Å². The maximum absolute atomic E-state index is 5.68. The summed E-state index contributed by atoms with van der Waals surface area (Å²) in [5, 5.41) is 0. The lowest BCUT2D eigenvalue weighted by molar-refractivity contribution is 0.572. The maximum Gasteiger partial charge on any atom is 0.00363 e. The zero-order chi connectivity index (χ0) is 7.11. The van der Waals surface area contributed by atoms with Crippen molar-refractivity contribution in [2.45, 2.75) is 38.6 Å². The van der Waals surface area contributed by atoms with Crippen LogP contribution in [-0.2, 0) is 0 Å². The zero-order valence-corrected chi connectivity index (χ0v) is 6.27. The molecule has 0 amide bonds. The second-order valence-electron chi connectivity index (χ2n) is 2.39. The molecular formula is C8H17N. The van der Waals surface area contributed by atoms with Crippen LogP contribution in [0.2, 0.25) is 0 Å². The Morgan fingerprint density at radius 1 is 1.67 bits per heavy atom. The highest BCUT2D eigenvalue weighted by Gasteiger charge is 1.95. The largest absolute Gasteiger partial charge is 0.328 e. The van der Waals surface area contributed by atoms with Crippen LogP contribution in [0.5, 0.6) is 0 Å². The summed E-state index contributed by atoms with van der Waals surface area (Å²) in [5.74, 6) is 0. The predicted molar refractivity (Wildman–Crippen MR) is 42.3 cm³/mol. The normalized spacial score (nSPS) is 13.1. The average Bonchev–Trinajstić information content (AvgIpc) is 1.89. The molecule has 0 aromatic carbocycles. The molecule has 0 aliphatic heterocycles. The highest BCUT2D eigenvalue weighted by Crippen LogP contribution is 2.01. The number of nitrogens with two attached hydrogens (primary N) is 1. The van der Waals surface area contributed by atoms with Gasteiger partial charge >= 0.3 is 0 Å². The number of hydrogen-bond acceptors (Lipinski definition) is 1. The number of rotatable bonds is 5. The number of unbranched alkanes of at least 4 members (excludes halogenated alkanes) is 1. The summed E-state index contributed by atoms with van der Waals surface area (Å²) in [7, 11) is 0. The summed E-state index contributed by atoms with van der Waals surface area (Å²) in [4.78, 5) is 0. The molecule has 0 aliphatic rings. The van der Waals surface area contributed by atoms with Crippen molar-refractivity contribution in [1.82, 2.24) is 0 Å². The summed E-state index contributed by atoms with van der Waals surface area (Å²) in [5.41, 5.74) is 5.68. The van der Waals surface area contributed by atoms with Crippen LogP contribution in [0.4, 0.5) is 0 Å². The molecule has 1 atom stereocenters. The first-order valence-corrected chi connectivity index (χ1v) is 3.67.